The summed E-state index contributed by atoms with van der Waals surface area (Å²) in [5.74, 6) is 0.286. The van der Waals surface area contributed by atoms with E-state index in [-0.39, 0.29) is 11.7 Å². The van der Waals surface area contributed by atoms with Crippen LogP contribution in [0.1, 0.15) is 23.6 Å². The molecule has 0 radical (unpaired) electrons. The van der Waals surface area contributed by atoms with Gasteiger partial charge in [-0.1, -0.05) is 23.8 Å². The number of phenolic OH excluding ortho intramolecular Hbond substituents is 1. The lowest BCUT2D eigenvalue weighted by Gasteiger charge is -2.06. The van der Waals surface area contributed by atoms with Crippen LogP contribution in [0, 0.1) is 13.8 Å². The zero-order valence-corrected chi connectivity index (χ0v) is 15.7. The lowest BCUT2D eigenvalue weighted by atomic mass is 10.1. The molecule has 1 aliphatic heterocycles. The van der Waals surface area contributed by atoms with Crippen LogP contribution < -0.4 is 10.1 Å². The fourth-order valence-corrected chi connectivity index (χ4v) is 3.40. The van der Waals surface area contributed by atoms with Crippen LogP contribution in [0.2, 0.25) is 0 Å². The molecule has 1 heterocycles. The molecular formula is C20H20N2O3S. The van der Waals surface area contributed by atoms with E-state index in [1.807, 2.05) is 32.9 Å². The number of thioether (sulfide) groups is 1. The highest BCUT2D eigenvalue weighted by molar-refractivity contribution is 8.18. The lowest BCUT2D eigenvalue weighted by molar-refractivity contribution is -0.115. The number of carbonyl (C=O) groups excluding carboxylic acids is 1. The van der Waals surface area contributed by atoms with Gasteiger partial charge in [-0.05, 0) is 67.9 Å². The predicted octanol–water partition coefficient (Wildman–Crippen LogP) is 4.30. The average Bonchev–Trinajstić information content (AvgIpc) is 2.93. The number of hydrogen-bond donors (Lipinski definition) is 2. The summed E-state index contributed by atoms with van der Waals surface area (Å²) < 4.78 is 5.38. The number of phenols is 1. The summed E-state index contributed by atoms with van der Waals surface area (Å²) in [5, 5.41) is 13.1. The van der Waals surface area contributed by atoms with Crippen molar-refractivity contribution in [2.45, 2.75) is 20.8 Å². The summed E-state index contributed by atoms with van der Waals surface area (Å²) in [4.78, 5) is 17.3. The van der Waals surface area contributed by atoms with Gasteiger partial charge in [-0.3, -0.25) is 4.79 Å². The molecule has 3 rings (SSSR count). The number of amidine groups is 1. The van der Waals surface area contributed by atoms with Gasteiger partial charge >= 0.3 is 0 Å². The van der Waals surface area contributed by atoms with E-state index in [0.717, 1.165) is 16.8 Å². The van der Waals surface area contributed by atoms with Crippen molar-refractivity contribution < 1.29 is 14.6 Å². The van der Waals surface area contributed by atoms with Crippen LogP contribution >= 0.6 is 11.8 Å². The number of nitrogens with zero attached hydrogens (tertiary/aromatic N) is 1. The van der Waals surface area contributed by atoms with Gasteiger partial charge in [0.25, 0.3) is 5.91 Å². The number of ether oxygens (including phenoxy) is 1. The van der Waals surface area contributed by atoms with Crippen molar-refractivity contribution in [3.63, 3.8) is 0 Å². The molecule has 1 fully saturated rings. The molecule has 0 aliphatic carbocycles. The number of aliphatic imine (C=N–C) groups is 1. The molecule has 1 aliphatic rings. The van der Waals surface area contributed by atoms with E-state index in [9.17, 15) is 9.90 Å². The fourth-order valence-electron chi connectivity index (χ4n) is 2.56. The van der Waals surface area contributed by atoms with E-state index < -0.39 is 0 Å². The highest BCUT2D eigenvalue weighted by atomic mass is 32.2. The number of amides is 1. The first-order valence-electron chi connectivity index (χ1n) is 8.29. The van der Waals surface area contributed by atoms with Crippen LogP contribution in [-0.4, -0.2) is 22.8 Å². The molecule has 1 saturated heterocycles. The summed E-state index contributed by atoms with van der Waals surface area (Å²) >= 11 is 1.29. The van der Waals surface area contributed by atoms with Gasteiger partial charge in [0, 0.05) is 0 Å². The molecule has 0 bridgehead atoms. The second-order valence-corrected chi connectivity index (χ2v) is 6.96. The third kappa shape index (κ3) is 4.08. The van der Waals surface area contributed by atoms with E-state index in [2.05, 4.69) is 16.4 Å². The van der Waals surface area contributed by atoms with Crippen LogP contribution in [0.3, 0.4) is 0 Å². The molecule has 0 spiro atoms. The fraction of sp³-hybridized carbons (Fsp3) is 0.200. The maximum atomic E-state index is 12.2. The Kier molecular flexibility index (Phi) is 5.32. The maximum Gasteiger partial charge on any atom is 0.264 e. The van der Waals surface area contributed by atoms with Gasteiger partial charge in [0.2, 0.25) is 0 Å². The molecule has 6 heteroatoms. The molecule has 0 unspecified atom stereocenters. The number of hydrogen-bond acceptors (Lipinski definition) is 5. The summed E-state index contributed by atoms with van der Waals surface area (Å²) in [5.41, 5.74) is 3.84. The molecule has 5 nitrogen and oxygen atoms in total. The van der Waals surface area contributed by atoms with Gasteiger partial charge < -0.3 is 15.2 Å². The summed E-state index contributed by atoms with van der Waals surface area (Å²) in [6.07, 6.45) is 1.76. The molecule has 26 heavy (non-hydrogen) atoms. The Bertz CT molecular complexity index is 919. The Morgan fingerprint density at radius 1 is 1.23 bits per heavy atom. The number of aryl methyl sites for hydroxylation is 2. The first-order chi connectivity index (χ1) is 12.5. The molecule has 1 amide bonds. The van der Waals surface area contributed by atoms with Crippen molar-refractivity contribution >= 4 is 34.6 Å². The van der Waals surface area contributed by atoms with Crippen molar-refractivity contribution in [3.8, 4) is 11.5 Å². The normalized spacial score (nSPS) is 17.0. The van der Waals surface area contributed by atoms with Crippen LogP contribution in [-0.2, 0) is 4.79 Å². The second-order valence-electron chi connectivity index (χ2n) is 5.93. The molecule has 0 atom stereocenters. The molecule has 2 aromatic carbocycles. The highest BCUT2D eigenvalue weighted by Crippen LogP contribution is 2.32. The Morgan fingerprint density at radius 3 is 2.77 bits per heavy atom. The number of nitrogens with one attached hydrogen (secondary N) is 1. The third-order valence-electron chi connectivity index (χ3n) is 3.81. The number of carbonyl (C=O) groups is 1. The monoisotopic (exact) mass is 368 g/mol. The zero-order valence-electron chi connectivity index (χ0n) is 14.9. The smallest absolute Gasteiger partial charge is 0.264 e. The van der Waals surface area contributed by atoms with Crippen molar-refractivity contribution in [1.29, 1.82) is 0 Å². The Morgan fingerprint density at radius 2 is 2.04 bits per heavy atom. The maximum absolute atomic E-state index is 12.2. The summed E-state index contributed by atoms with van der Waals surface area (Å²) in [6.45, 7) is 6.33. The van der Waals surface area contributed by atoms with E-state index in [1.165, 1.54) is 17.3 Å². The predicted molar refractivity (Wildman–Crippen MR) is 106 cm³/mol. The number of benzene rings is 2. The lowest BCUT2D eigenvalue weighted by Crippen LogP contribution is -2.19. The van der Waals surface area contributed by atoms with E-state index in [0.29, 0.717) is 22.4 Å². The van der Waals surface area contributed by atoms with Gasteiger partial charge in [-0.25, -0.2) is 4.99 Å². The van der Waals surface area contributed by atoms with Crippen LogP contribution in [0.15, 0.2) is 46.3 Å². The second kappa shape index (κ2) is 7.66. The Labute approximate surface area is 156 Å². The Hall–Kier alpha value is -2.73. The molecule has 134 valence electrons. The quantitative estimate of drug-likeness (QED) is 0.790. The number of rotatable bonds is 4. The first-order valence-corrected chi connectivity index (χ1v) is 9.10. The Balaban J connectivity index is 1.84. The largest absolute Gasteiger partial charge is 0.504 e. The van der Waals surface area contributed by atoms with Gasteiger partial charge in [0.15, 0.2) is 16.7 Å². The number of aromatic hydroxyl groups is 1. The van der Waals surface area contributed by atoms with Crippen LogP contribution in [0.4, 0.5) is 5.69 Å². The summed E-state index contributed by atoms with van der Waals surface area (Å²) in [7, 11) is 0. The topological polar surface area (TPSA) is 70.9 Å². The van der Waals surface area contributed by atoms with Crippen molar-refractivity contribution in [3.05, 3.63) is 58.0 Å². The van der Waals surface area contributed by atoms with Crippen molar-refractivity contribution in [2.75, 3.05) is 6.61 Å². The van der Waals surface area contributed by atoms with Crippen LogP contribution in [0.25, 0.3) is 6.08 Å². The van der Waals surface area contributed by atoms with Gasteiger partial charge in [0.1, 0.15) is 0 Å². The van der Waals surface area contributed by atoms with Gasteiger partial charge in [0.05, 0.1) is 17.2 Å². The third-order valence-corrected chi connectivity index (χ3v) is 4.72. The molecule has 0 saturated carbocycles. The minimum absolute atomic E-state index is 0.0784. The SMILES string of the molecule is CCOc1cc(/C=C2/SC(=Nc3ccc(C)cc3C)NC2=O)ccc1O. The van der Waals surface area contributed by atoms with Crippen LogP contribution in [0.5, 0.6) is 11.5 Å². The van der Waals surface area contributed by atoms with Crippen molar-refractivity contribution in [1.82, 2.24) is 5.32 Å². The zero-order chi connectivity index (χ0) is 18.7. The molecule has 0 aromatic heterocycles. The van der Waals surface area contributed by atoms with E-state index in [4.69, 9.17) is 4.74 Å². The van der Waals surface area contributed by atoms with Gasteiger partial charge in [-0.2, -0.15) is 0 Å². The van der Waals surface area contributed by atoms with Crippen molar-refractivity contribution in [2.24, 2.45) is 4.99 Å². The molecule has 2 N–H and O–H groups in total. The van der Waals surface area contributed by atoms with Gasteiger partial charge in [-0.15, -0.1) is 0 Å². The van der Waals surface area contributed by atoms with E-state index in [1.54, 1.807) is 24.3 Å². The highest BCUT2D eigenvalue weighted by Gasteiger charge is 2.24. The standard InChI is InChI=1S/C20H20N2O3S/c1-4-25-17-10-14(6-8-16(17)23)11-18-19(24)22-20(26-18)21-15-7-5-12(2)9-13(15)3/h5-11,23H,4H2,1-3H3,(H,21,22,24)/b18-11+. The molecule has 2 aromatic rings. The van der Waals surface area contributed by atoms with E-state index >= 15 is 0 Å². The minimum Gasteiger partial charge on any atom is -0.504 e. The first kappa shape index (κ1) is 18.1. The minimum atomic E-state index is -0.190. The molecular weight excluding hydrogens is 348 g/mol. The average molecular weight is 368 g/mol. The summed E-state index contributed by atoms with van der Waals surface area (Å²) in [6, 6.07) is 11.0.